The predicted molar refractivity (Wildman–Crippen MR) is 67.7 cm³/mol. The van der Waals surface area contributed by atoms with E-state index >= 15 is 0 Å². The average molecular weight is 242 g/mol. The van der Waals surface area contributed by atoms with E-state index in [1.54, 1.807) is 0 Å². The lowest BCUT2D eigenvalue weighted by Crippen LogP contribution is -2.30. The molecule has 0 bridgehead atoms. The predicted octanol–water partition coefficient (Wildman–Crippen LogP) is 3.19. The largest absolute Gasteiger partial charge is 0.460 e. The third-order valence-electron chi connectivity index (χ3n) is 3.49. The molecule has 1 rings (SSSR count). The molecule has 0 aliphatic heterocycles. The molecule has 0 radical (unpaired) electrons. The molecule has 3 heteroatoms. The number of carbonyl (C=O) groups is 1. The van der Waals surface area contributed by atoms with Gasteiger partial charge in [-0.2, -0.15) is 0 Å². The molecular formula is C14H26O3. The van der Waals surface area contributed by atoms with E-state index in [-0.39, 0.29) is 12.1 Å². The van der Waals surface area contributed by atoms with E-state index in [9.17, 15) is 9.90 Å². The fourth-order valence-electron chi connectivity index (χ4n) is 2.49. The Bertz CT molecular complexity index is 216. The van der Waals surface area contributed by atoms with Crippen molar-refractivity contribution in [3.8, 4) is 0 Å². The lowest BCUT2D eigenvalue weighted by molar-refractivity contribution is -0.153. The van der Waals surface area contributed by atoms with Gasteiger partial charge in [0.1, 0.15) is 6.10 Å². The van der Waals surface area contributed by atoms with Crippen LogP contribution < -0.4 is 0 Å². The fraction of sp³-hybridized carbons (Fsp3) is 0.929. The molecule has 17 heavy (non-hydrogen) atoms. The number of esters is 1. The van der Waals surface area contributed by atoms with Crippen molar-refractivity contribution in [2.24, 2.45) is 0 Å². The van der Waals surface area contributed by atoms with Crippen LogP contribution in [0.4, 0.5) is 0 Å². The standard InChI is InChI=1S/C14H26O3/c1-12(15)17-14-11-9-7-5-3-2-4-6-8-10-13(14)16/h13-14,16H,2-11H2,1H3. The van der Waals surface area contributed by atoms with Crippen LogP contribution in [0.5, 0.6) is 0 Å². The molecule has 3 nitrogen and oxygen atoms in total. The van der Waals surface area contributed by atoms with Gasteiger partial charge >= 0.3 is 5.97 Å². The van der Waals surface area contributed by atoms with E-state index in [1.807, 2.05) is 0 Å². The number of ether oxygens (including phenoxy) is 1. The van der Waals surface area contributed by atoms with E-state index in [2.05, 4.69) is 0 Å². The van der Waals surface area contributed by atoms with Gasteiger partial charge in [0.25, 0.3) is 0 Å². The summed E-state index contributed by atoms with van der Waals surface area (Å²) in [5.41, 5.74) is 0. The summed E-state index contributed by atoms with van der Waals surface area (Å²) in [4.78, 5) is 11.0. The topological polar surface area (TPSA) is 46.5 Å². The molecule has 0 amide bonds. The molecule has 2 atom stereocenters. The van der Waals surface area contributed by atoms with Crippen molar-refractivity contribution >= 4 is 5.97 Å². The Morgan fingerprint density at radius 3 is 1.94 bits per heavy atom. The number of hydrogen-bond donors (Lipinski definition) is 1. The minimum atomic E-state index is -0.474. The summed E-state index contributed by atoms with van der Waals surface area (Å²) in [6, 6.07) is 0. The van der Waals surface area contributed by atoms with Crippen molar-refractivity contribution in [3.05, 3.63) is 0 Å². The number of rotatable bonds is 1. The van der Waals surface area contributed by atoms with E-state index in [4.69, 9.17) is 4.74 Å². The first-order valence-corrected chi connectivity index (χ1v) is 7.05. The van der Waals surface area contributed by atoms with E-state index in [0.29, 0.717) is 0 Å². The van der Waals surface area contributed by atoms with Crippen LogP contribution in [0.15, 0.2) is 0 Å². The third kappa shape index (κ3) is 6.67. The van der Waals surface area contributed by atoms with Gasteiger partial charge in [0, 0.05) is 6.92 Å². The second-order valence-corrected chi connectivity index (χ2v) is 5.12. The first-order chi connectivity index (χ1) is 8.20. The highest BCUT2D eigenvalue weighted by atomic mass is 16.6. The summed E-state index contributed by atoms with van der Waals surface area (Å²) >= 11 is 0. The van der Waals surface area contributed by atoms with Crippen LogP contribution in [0.1, 0.15) is 71.1 Å². The maximum absolute atomic E-state index is 11.0. The molecule has 1 saturated carbocycles. The number of carbonyl (C=O) groups excluding carboxylic acids is 1. The first-order valence-electron chi connectivity index (χ1n) is 7.05. The maximum atomic E-state index is 11.0. The Morgan fingerprint density at radius 2 is 1.41 bits per heavy atom. The van der Waals surface area contributed by atoms with Gasteiger partial charge in [0.05, 0.1) is 6.10 Å². The molecule has 0 heterocycles. The van der Waals surface area contributed by atoms with Crippen molar-refractivity contribution in [1.29, 1.82) is 0 Å². The van der Waals surface area contributed by atoms with Gasteiger partial charge in [0.2, 0.25) is 0 Å². The minimum Gasteiger partial charge on any atom is -0.460 e. The summed E-state index contributed by atoms with van der Waals surface area (Å²) in [6.45, 7) is 1.42. The van der Waals surface area contributed by atoms with E-state index < -0.39 is 6.10 Å². The highest BCUT2D eigenvalue weighted by Gasteiger charge is 2.21. The zero-order valence-electron chi connectivity index (χ0n) is 11.0. The highest BCUT2D eigenvalue weighted by molar-refractivity contribution is 5.66. The van der Waals surface area contributed by atoms with E-state index in [1.165, 1.54) is 45.4 Å². The molecule has 1 aliphatic rings. The number of aliphatic hydroxyl groups excluding tert-OH is 1. The molecule has 100 valence electrons. The van der Waals surface area contributed by atoms with Gasteiger partial charge in [-0.05, 0) is 19.3 Å². The molecule has 1 aliphatic carbocycles. The minimum absolute atomic E-state index is 0.277. The quantitative estimate of drug-likeness (QED) is 0.718. The Kier molecular flexibility index (Phi) is 7.25. The van der Waals surface area contributed by atoms with Gasteiger partial charge in [-0.3, -0.25) is 4.79 Å². The highest BCUT2D eigenvalue weighted by Crippen LogP contribution is 2.19. The van der Waals surface area contributed by atoms with Gasteiger partial charge in [0.15, 0.2) is 0 Å². The molecular weight excluding hydrogens is 216 g/mol. The van der Waals surface area contributed by atoms with Gasteiger partial charge < -0.3 is 9.84 Å². The summed E-state index contributed by atoms with van der Waals surface area (Å²) in [6.07, 6.45) is 10.4. The van der Waals surface area contributed by atoms with Crippen LogP contribution in [-0.4, -0.2) is 23.3 Å². The molecule has 0 saturated heterocycles. The number of aliphatic hydroxyl groups is 1. The van der Waals surface area contributed by atoms with Crippen molar-refractivity contribution in [1.82, 2.24) is 0 Å². The zero-order valence-corrected chi connectivity index (χ0v) is 11.0. The normalized spacial score (nSPS) is 28.8. The Morgan fingerprint density at radius 1 is 0.941 bits per heavy atom. The van der Waals surface area contributed by atoms with Crippen molar-refractivity contribution in [3.63, 3.8) is 0 Å². The Labute approximate surface area is 105 Å². The van der Waals surface area contributed by atoms with Crippen LogP contribution >= 0.6 is 0 Å². The summed E-state index contributed by atoms with van der Waals surface area (Å²) in [7, 11) is 0. The first kappa shape index (κ1) is 14.5. The van der Waals surface area contributed by atoms with Gasteiger partial charge in [-0.25, -0.2) is 0 Å². The lowest BCUT2D eigenvalue weighted by Gasteiger charge is -2.23. The van der Waals surface area contributed by atoms with Crippen molar-refractivity contribution in [2.45, 2.75) is 83.3 Å². The summed E-state index contributed by atoms with van der Waals surface area (Å²) in [5.74, 6) is -0.277. The fourth-order valence-corrected chi connectivity index (χ4v) is 2.49. The van der Waals surface area contributed by atoms with Gasteiger partial charge in [-0.1, -0.05) is 44.9 Å². The van der Waals surface area contributed by atoms with Gasteiger partial charge in [-0.15, -0.1) is 0 Å². The molecule has 1 fully saturated rings. The summed E-state index contributed by atoms with van der Waals surface area (Å²) in [5, 5.41) is 10.0. The zero-order chi connectivity index (χ0) is 12.5. The van der Waals surface area contributed by atoms with Crippen LogP contribution in [0.2, 0.25) is 0 Å². The Balaban J connectivity index is 2.41. The van der Waals surface area contributed by atoms with Crippen LogP contribution in [0, 0.1) is 0 Å². The van der Waals surface area contributed by atoms with E-state index in [0.717, 1.165) is 25.7 Å². The third-order valence-corrected chi connectivity index (χ3v) is 3.49. The lowest BCUT2D eigenvalue weighted by atomic mass is 9.97. The second-order valence-electron chi connectivity index (χ2n) is 5.12. The second kappa shape index (κ2) is 8.51. The molecule has 0 aromatic carbocycles. The van der Waals surface area contributed by atoms with Crippen molar-refractivity contribution < 1.29 is 14.6 Å². The SMILES string of the molecule is CC(=O)OC1CCCCCCCCCCC1O. The molecule has 1 N–H and O–H groups in total. The average Bonchev–Trinajstić information content (AvgIpc) is 2.27. The van der Waals surface area contributed by atoms with Crippen LogP contribution in [-0.2, 0) is 9.53 Å². The molecule has 0 aromatic rings. The monoisotopic (exact) mass is 242 g/mol. The Hall–Kier alpha value is -0.570. The van der Waals surface area contributed by atoms with Crippen LogP contribution in [0.25, 0.3) is 0 Å². The molecule has 0 aromatic heterocycles. The molecule has 0 spiro atoms. The number of hydrogen-bond acceptors (Lipinski definition) is 3. The smallest absolute Gasteiger partial charge is 0.302 e. The molecule has 2 unspecified atom stereocenters. The van der Waals surface area contributed by atoms with Crippen molar-refractivity contribution in [2.75, 3.05) is 0 Å². The van der Waals surface area contributed by atoms with Crippen LogP contribution in [0.3, 0.4) is 0 Å². The maximum Gasteiger partial charge on any atom is 0.302 e. The summed E-state index contributed by atoms with van der Waals surface area (Å²) < 4.78 is 5.22.